The molecule has 26 heavy (non-hydrogen) atoms. The minimum Gasteiger partial charge on any atom is -0.481 e. The lowest BCUT2D eigenvalue weighted by Crippen LogP contribution is -2.47. The number of aliphatic carboxylic acids is 1. The van der Waals surface area contributed by atoms with Crippen LogP contribution < -0.4 is 9.47 Å². The predicted octanol–water partition coefficient (Wildman–Crippen LogP) is 5.35. The summed E-state index contributed by atoms with van der Waals surface area (Å²) >= 11 is 11.8. The van der Waals surface area contributed by atoms with Crippen LogP contribution in [0.5, 0.6) is 17.2 Å². The van der Waals surface area contributed by atoms with E-state index >= 15 is 0 Å². The van der Waals surface area contributed by atoms with E-state index in [1.807, 2.05) is 0 Å². The molecule has 0 saturated heterocycles. The average molecular weight is 407 g/mol. The molecule has 0 aromatic heterocycles. The third-order valence-electron chi connectivity index (χ3n) is 3.83. The minimum absolute atomic E-state index is 0.0930. The number of carboxylic acids is 1. The molecule has 1 heterocycles. The summed E-state index contributed by atoms with van der Waals surface area (Å²) in [6.07, 6.45) is -7.68. The van der Waals surface area contributed by atoms with E-state index in [4.69, 9.17) is 37.8 Å². The third kappa shape index (κ3) is 3.83. The van der Waals surface area contributed by atoms with Crippen LogP contribution in [0.3, 0.4) is 0 Å². The van der Waals surface area contributed by atoms with Crippen molar-refractivity contribution in [3.05, 3.63) is 52.0 Å². The molecule has 0 fully saturated rings. The molecule has 1 aliphatic rings. The first kappa shape index (κ1) is 18.7. The Kier molecular flexibility index (Phi) is 4.94. The molecule has 0 amide bonds. The van der Waals surface area contributed by atoms with E-state index in [9.17, 15) is 18.0 Å². The van der Waals surface area contributed by atoms with Crippen molar-refractivity contribution in [1.82, 2.24) is 0 Å². The molecule has 2 aromatic carbocycles. The van der Waals surface area contributed by atoms with E-state index in [0.717, 1.165) is 0 Å². The highest BCUT2D eigenvalue weighted by Crippen LogP contribution is 2.44. The first-order chi connectivity index (χ1) is 12.1. The first-order valence-corrected chi connectivity index (χ1v) is 8.13. The summed E-state index contributed by atoms with van der Waals surface area (Å²) < 4.78 is 49.8. The van der Waals surface area contributed by atoms with Gasteiger partial charge in [-0.05, 0) is 36.8 Å². The standard InChI is InChI=1S/C17H11Cl2F3O4/c18-9-1-3-10(4-2-9)25-11-5-8-6-12(16(23)24)15(17(20,21)22)26-14(8)13(19)7-11/h1-5,7,12,15H,6H2,(H,23,24). The molecular formula is C17H11Cl2F3O4. The van der Waals surface area contributed by atoms with Crippen LogP contribution in [0.2, 0.25) is 10.0 Å². The largest absolute Gasteiger partial charge is 0.481 e. The van der Waals surface area contributed by atoms with Gasteiger partial charge < -0.3 is 14.6 Å². The molecule has 0 spiro atoms. The lowest BCUT2D eigenvalue weighted by atomic mass is 9.90. The SMILES string of the molecule is O=C(O)C1Cc2cc(Oc3ccc(Cl)cc3)cc(Cl)c2OC1C(F)(F)F. The van der Waals surface area contributed by atoms with Crippen molar-refractivity contribution < 1.29 is 32.5 Å². The van der Waals surface area contributed by atoms with Crippen molar-refractivity contribution in [2.75, 3.05) is 0 Å². The third-order valence-corrected chi connectivity index (χ3v) is 4.37. The molecule has 0 saturated carbocycles. The van der Waals surface area contributed by atoms with Gasteiger partial charge in [-0.1, -0.05) is 23.2 Å². The highest BCUT2D eigenvalue weighted by molar-refractivity contribution is 6.32. The number of halogens is 5. The van der Waals surface area contributed by atoms with E-state index < -0.39 is 24.2 Å². The molecule has 9 heteroatoms. The van der Waals surface area contributed by atoms with Gasteiger partial charge in [-0.2, -0.15) is 13.2 Å². The molecule has 2 aromatic rings. The maximum atomic E-state index is 13.1. The number of fused-ring (bicyclic) bond motifs is 1. The topological polar surface area (TPSA) is 55.8 Å². The number of rotatable bonds is 3. The number of benzene rings is 2. The Balaban J connectivity index is 1.94. The van der Waals surface area contributed by atoms with Gasteiger partial charge in [0.15, 0.2) is 0 Å². The van der Waals surface area contributed by atoms with Crippen LogP contribution in [0.4, 0.5) is 13.2 Å². The lowest BCUT2D eigenvalue weighted by Gasteiger charge is -2.33. The number of carbonyl (C=O) groups is 1. The molecule has 138 valence electrons. The normalized spacial score (nSPS) is 19.4. The molecule has 0 aliphatic carbocycles. The summed E-state index contributed by atoms with van der Waals surface area (Å²) in [7, 11) is 0. The zero-order valence-corrected chi connectivity index (χ0v) is 14.4. The van der Waals surface area contributed by atoms with Gasteiger partial charge in [0.25, 0.3) is 0 Å². The molecular weight excluding hydrogens is 396 g/mol. The monoisotopic (exact) mass is 406 g/mol. The number of carboxylic acid groups (broad SMARTS) is 1. The van der Waals surface area contributed by atoms with Crippen LogP contribution in [-0.4, -0.2) is 23.4 Å². The van der Waals surface area contributed by atoms with E-state index in [2.05, 4.69) is 0 Å². The Hall–Kier alpha value is -2.12. The zero-order valence-electron chi connectivity index (χ0n) is 12.9. The van der Waals surface area contributed by atoms with Gasteiger partial charge in [-0.15, -0.1) is 0 Å². The van der Waals surface area contributed by atoms with Crippen molar-refractivity contribution in [3.63, 3.8) is 0 Å². The fourth-order valence-electron chi connectivity index (χ4n) is 2.67. The van der Waals surface area contributed by atoms with Crippen LogP contribution in [0.25, 0.3) is 0 Å². The van der Waals surface area contributed by atoms with Crippen LogP contribution in [-0.2, 0) is 11.2 Å². The van der Waals surface area contributed by atoms with Crippen LogP contribution in [0.1, 0.15) is 5.56 Å². The predicted molar refractivity (Wildman–Crippen MR) is 88.3 cm³/mol. The van der Waals surface area contributed by atoms with Gasteiger partial charge in [0, 0.05) is 16.7 Å². The molecule has 1 aliphatic heterocycles. The fraction of sp³-hybridized carbons (Fsp3) is 0.235. The Labute approximate surface area is 156 Å². The van der Waals surface area contributed by atoms with Crippen LogP contribution in [0.15, 0.2) is 36.4 Å². The summed E-state index contributed by atoms with van der Waals surface area (Å²) in [6, 6.07) is 9.14. The van der Waals surface area contributed by atoms with Gasteiger partial charge in [-0.3, -0.25) is 4.79 Å². The summed E-state index contributed by atoms with van der Waals surface area (Å²) in [4.78, 5) is 11.3. The van der Waals surface area contributed by atoms with Crippen molar-refractivity contribution in [1.29, 1.82) is 0 Å². The number of hydrogen-bond acceptors (Lipinski definition) is 3. The second kappa shape index (κ2) is 6.89. The summed E-state index contributed by atoms with van der Waals surface area (Å²) in [5.74, 6) is -2.88. The second-order valence-corrected chi connectivity index (χ2v) is 6.52. The van der Waals surface area contributed by atoms with Gasteiger partial charge in [0.1, 0.15) is 23.2 Å². The second-order valence-electron chi connectivity index (χ2n) is 5.68. The van der Waals surface area contributed by atoms with E-state index in [-0.39, 0.29) is 28.5 Å². The number of ether oxygens (including phenoxy) is 2. The Bertz CT molecular complexity index is 837. The summed E-state index contributed by atoms with van der Waals surface area (Å²) in [6.45, 7) is 0. The maximum absolute atomic E-state index is 13.1. The lowest BCUT2D eigenvalue weighted by molar-refractivity contribution is -0.217. The molecule has 0 radical (unpaired) electrons. The number of alkyl halides is 3. The van der Waals surface area contributed by atoms with Gasteiger partial charge in [-0.25, -0.2) is 0 Å². The molecule has 3 rings (SSSR count). The van der Waals surface area contributed by atoms with E-state index in [1.165, 1.54) is 12.1 Å². The van der Waals surface area contributed by atoms with Crippen molar-refractivity contribution in [3.8, 4) is 17.2 Å². The highest BCUT2D eigenvalue weighted by atomic mass is 35.5. The molecule has 4 nitrogen and oxygen atoms in total. The molecule has 2 unspecified atom stereocenters. The molecule has 1 N–H and O–H groups in total. The Morgan fingerprint density at radius 1 is 1.15 bits per heavy atom. The quantitative estimate of drug-likeness (QED) is 0.745. The van der Waals surface area contributed by atoms with E-state index in [0.29, 0.717) is 10.8 Å². The fourth-order valence-corrected chi connectivity index (χ4v) is 3.07. The van der Waals surface area contributed by atoms with Gasteiger partial charge in [0.2, 0.25) is 6.10 Å². The highest BCUT2D eigenvalue weighted by Gasteiger charge is 2.52. The van der Waals surface area contributed by atoms with Crippen LogP contribution in [0, 0.1) is 5.92 Å². The van der Waals surface area contributed by atoms with Crippen molar-refractivity contribution >= 4 is 29.2 Å². The molecule has 0 bridgehead atoms. The smallest absolute Gasteiger partial charge is 0.426 e. The van der Waals surface area contributed by atoms with E-state index in [1.54, 1.807) is 24.3 Å². The van der Waals surface area contributed by atoms with Crippen LogP contribution >= 0.6 is 23.2 Å². The summed E-state index contributed by atoms with van der Waals surface area (Å²) in [5, 5.41) is 9.56. The average Bonchev–Trinajstić information content (AvgIpc) is 2.55. The van der Waals surface area contributed by atoms with Gasteiger partial charge >= 0.3 is 12.1 Å². The Morgan fingerprint density at radius 2 is 1.81 bits per heavy atom. The van der Waals surface area contributed by atoms with Gasteiger partial charge in [0.05, 0.1) is 5.02 Å². The Morgan fingerprint density at radius 3 is 2.38 bits per heavy atom. The zero-order chi connectivity index (χ0) is 19.1. The summed E-state index contributed by atoms with van der Waals surface area (Å²) in [5.41, 5.74) is 0.231. The minimum atomic E-state index is -4.83. The van der Waals surface area contributed by atoms with Crippen molar-refractivity contribution in [2.45, 2.75) is 18.7 Å². The van der Waals surface area contributed by atoms with Crippen molar-refractivity contribution in [2.24, 2.45) is 5.92 Å². The number of hydrogen-bond donors (Lipinski definition) is 1. The molecule has 2 atom stereocenters. The maximum Gasteiger partial charge on any atom is 0.426 e. The first-order valence-electron chi connectivity index (χ1n) is 7.37.